The van der Waals surface area contributed by atoms with E-state index in [9.17, 15) is 9.59 Å². The van der Waals surface area contributed by atoms with Crippen LogP contribution in [0.1, 0.15) is 12.5 Å². The Hall–Kier alpha value is -2.80. The molecule has 1 heterocycles. The zero-order valence-corrected chi connectivity index (χ0v) is 15.4. The number of amides is 2. The van der Waals surface area contributed by atoms with E-state index in [1.807, 2.05) is 55.5 Å². The molecular weight excluding hydrogens is 348 g/mol. The lowest BCUT2D eigenvalue weighted by atomic mass is 10.2. The largest absolute Gasteiger partial charge is 0.325 e. The number of hydrogen-bond acceptors (Lipinski definition) is 4. The van der Waals surface area contributed by atoms with Crippen LogP contribution >= 0.6 is 11.8 Å². The summed E-state index contributed by atoms with van der Waals surface area (Å²) in [6, 6.07) is 15.1. The number of aromatic nitrogens is 2. The summed E-state index contributed by atoms with van der Waals surface area (Å²) < 4.78 is 0. The number of carbonyl (C=O) groups is 2. The monoisotopic (exact) mass is 368 g/mol. The number of aromatic amines is 1. The Morgan fingerprint density at radius 2 is 1.85 bits per heavy atom. The number of thioether (sulfide) groups is 1. The Kier molecular flexibility index (Phi) is 5.58. The van der Waals surface area contributed by atoms with Crippen LogP contribution in [0.2, 0.25) is 0 Å². The van der Waals surface area contributed by atoms with Crippen molar-refractivity contribution < 1.29 is 9.59 Å². The summed E-state index contributed by atoms with van der Waals surface area (Å²) in [6.45, 7) is 3.76. The Labute approximate surface area is 155 Å². The predicted molar refractivity (Wildman–Crippen MR) is 106 cm³/mol. The van der Waals surface area contributed by atoms with Gasteiger partial charge in [-0.3, -0.25) is 14.9 Å². The summed E-state index contributed by atoms with van der Waals surface area (Å²) >= 11 is 1.28. The summed E-state index contributed by atoms with van der Waals surface area (Å²) in [4.78, 5) is 31.7. The van der Waals surface area contributed by atoms with Gasteiger partial charge in [0.15, 0.2) is 0 Å². The van der Waals surface area contributed by atoms with Crippen LogP contribution in [0.25, 0.3) is 11.0 Å². The number of nitrogens with zero attached hydrogens (tertiary/aromatic N) is 1. The van der Waals surface area contributed by atoms with Gasteiger partial charge in [-0.1, -0.05) is 29.8 Å². The number of nitrogens with one attached hydrogen (secondary N) is 3. The first kappa shape index (κ1) is 18.0. The lowest BCUT2D eigenvalue weighted by Gasteiger charge is -2.11. The highest BCUT2D eigenvalue weighted by Crippen LogP contribution is 2.17. The highest BCUT2D eigenvalue weighted by molar-refractivity contribution is 8.01. The second kappa shape index (κ2) is 8.05. The number of imidazole rings is 1. The number of anilines is 2. The first-order valence-electron chi connectivity index (χ1n) is 8.25. The molecule has 0 spiro atoms. The van der Waals surface area contributed by atoms with Crippen molar-refractivity contribution >= 4 is 46.2 Å². The Morgan fingerprint density at radius 1 is 1.12 bits per heavy atom. The van der Waals surface area contributed by atoms with Crippen molar-refractivity contribution in [3.05, 3.63) is 54.1 Å². The molecule has 1 unspecified atom stereocenters. The number of para-hydroxylation sites is 2. The van der Waals surface area contributed by atoms with Crippen LogP contribution in [0.3, 0.4) is 0 Å². The molecule has 26 heavy (non-hydrogen) atoms. The molecule has 1 aromatic heterocycles. The molecule has 7 heteroatoms. The number of carbonyl (C=O) groups excluding carboxylic acids is 2. The normalized spacial score (nSPS) is 11.9. The number of hydrogen-bond donors (Lipinski definition) is 3. The molecule has 3 rings (SSSR count). The molecule has 0 aliphatic heterocycles. The summed E-state index contributed by atoms with van der Waals surface area (Å²) in [7, 11) is 0. The van der Waals surface area contributed by atoms with Crippen molar-refractivity contribution in [2.24, 2.45) is 0 Å². The van der Waals surface area contributed by atoms with Gasteiger partial charge in [0.25, 0.3) is 0 Å². The molecule has 0 radical (unpaired) electrons. The molecule has 0 aliphatic carbocycles. The third kappa shape index (κ3) is 4.64. The van der Waals surface area contributed by atoms with Crippen molar-refractivity contribution in [2.75, 3.05) is 16.4 Å². The van der Waals surface area contributed by atoms with Gasteiger partial charge in [0.2, 0.25) is 17.8 Å². The second-order valence-corrected chi connectivity index (χ2v) is 7.29. The standard InChI is InChI=1S/C19H20N4O2S/c1-12-7-9-14(10-8-12)20-17(24)11-26-13(2)18(25)23-19-21-15-5-3-4-6-16(15)22-19/h3-10,13H,11H2,1-2H3,(H,20,24)(H2,21,22,23,25). The van der Waals surface area contributed by atoms with E-state index >= 15 is 0 Å². The zero-order valence-electron chi connectivity index (χ0n) is 14.6. The molecule has 2 aromatic carbocycles. The van der Waals surface area contributed by atoms with Crippen LogP contribution in [-0.4, -0.2) is 32.8 Å². The lowest BCUT2D eigenvalue weighted by Crippen LogP contribution is -2.25. The Morgan fingerprint density at radius 3 is 2.58 bits per heavy atom. The van der Waals surface area contributed by atoms with Gasteiger partial charge in [-0.25, -0.2) is 4.98 Å². The molecular formula is C19H20N4O2S. The summed E-state index contributed by atoms with van der Waals surface area (Å²) in [5.41, 5.74) is 3.54. The number of aryl methyl sites for hydroxylation is 1. The minimum Gasteiger partial charge on any atom is -0.325 e. The van der Waals surface area contributed by atoms with E-state index in [1.54, 1.807) is 6.92 Å². The molecule has 1 atom stereocenters. The van der Waals surface area contributed by atoms with Crippen molar-refractivity contribution in [1.82, 2.24) is 9.97 Å². The minimum absolute atomic E-state index is 0.137. The molecule has 3 N–H and O–H groups in total. The Bertz CT molecular complexity index is 888. The van der Waals surface area contributed by atoms with E-state index in [0.717, 1.165) is 22.3 Å². The van der Waals surface area contributed by atoms with Crippen molar-refractivity contribution in [3.63, 3.8) is 0 Å². The van der Waals surface area contributed by atoms with Crippen LogP contribution in [-0.2, 0) is 9.59 Å². The maximum Gasteiger partial charge on any atom is 0.239 e. The fourth-order valence-corrected chi connectivity index (χ4v) is 3.02. The van der Waals surface area contributed by atoms with Crippen molar-refractivity contribution in [2.45, 2.75) is 19.1 Å². The second-order valence-electron chi connectivity index (χ2n) is 5.96. The summed E-state index contributed by atoms with van der Waals surface area (Å²) in [5.74, 6) is 0.273. The molecule has 0 fully saturated rings. The third-order valence-electron chi connectivity index (χ3n) is 3.80. The predicted octanol–water partition coefficient (Wildman–Crippen LogP) is 3.57. The number of rotatable bonds is 6. The highest BCUT2D eigenvalue weighted by atomic mass is 32.2. The van der Waals surface area contributed by atoms with Gasteiger partial charge in [-0.2, -0.15) is 0 Å². The van der Waals surface area contributed by atoms with Crippen LogP contribution in [0.4, 0.5) is 11.6 Å². The SMILES string of the molecule is Cc1ccc(NC(=O)CSC(C)C(=O)Nc2nc3ccccc3[nH]2)cc1. The average molecular weight is 368 g/mol. The molecule has 0 aliphatic rings. The van der Waals surface area contributed by atoms with E-state index < -0.39 is 0 Å². The zero-order chi connectivity index (χ0) is 18.5. The summed E-state index contributed by atoms with van der Waals surface area (Å²) in [6.07, 6.45) is 0. The minimum atomic E-state index is -0.382. The Balaban J connectivity index is 1.49. The smallest absolute Gasteiger partial charge is 0.239 e. The maximum atomic E-state index is 12.3. The quantitative estimate of drug-likeness (QED) is 0.621. The third-order valence-corrected chi connectivity index (χ3v) is 4.94. The molecule has 0 saturated carbocycles. The maximum absolute atomic E-state index is 12.3. The first-order valence-corrected chi connectivity index (χ1v) is 9.30. The van der Waals surface area contributed by atoms with E-state index in [1.165, 1.54) is 11.8 Å². The van der Waals surface area contributed by atoms with Gasteiger partial charge in [0, 0.05) is 5.69 Å². The fraction of sp³-hybridized carbons (Fsp3) is 0.211. The molecule has 0 bridgehead atoms. The van der Waals surface area contributed by atoms with Gasteiger partial charge in [-0.15, -0.1) is 11.8 Å². The highest BCUT2D eigenvalue weighted by Gasteiger charge is 2.17. The van der Waals surface area contributed by atoms with Crippen LogP contribution in [0, 0.1) is 6.92 Å². The van der Waals surface area contributed by atoms with Gasteiger partial charge in [-0.05, 0) is 38.1 Å². The lowest BCUT2D eigenvalue weighted by molar-refractivity contribution is -0.115. The number of H-pyrrole nitrogens is 1. The van der Waals surface area contributed by atoms with E-state index in [2.05, 4.69) is 20.6 Å². The van der Waals surface area contributed by atoms with E-state index in [0.29, 0.717) is 5.95 Å². The average Bonchev–Trinajstić information content (AvgIpc) is 3.03. The van der Waals surface area contributed by atoms with Crippen molar-refractivity contribution in [3.8, 4) is 0 Å². The van der Waals surface area contributed by atoms with Crippen LogP contribution in [0.5, 0.6) is 0 Å². The molecule has 3 aromatic rings. The van der Waals surface area contributed by atoms with Gasteiger partial charge >= 0.3 is 0 Å². The van der Waals surface area contributed by atoms with Gasteiger partial charge < -0.3 is 10.3 Å². The molecule has 2 amide bonds. The van der Waals surface area contributed by atoms with Gasteiger partial charge in [0.05, 0.1) is 22.0 Å². The number of benzene rings is 2. The first-order chi connectivity index (χ1) is 12.5. The van der Waals surface area contributed by atoms with E-state index in [-0.39, 0.29) is 22.8 Å². The van der Waals surface area contributed by atoms with Crippen LogP contribution < -0.4 is 10.6 Å². The van der Waals surface area contributed by atoms with E-state index in [4.69, 9.17) is 0 Å². The molecule has 6 nitrogen and oxygen atoms in total. The van der Waals surface area contributed by atoms with Crippen molar-refractivity contribution in [1.29, 1.82) is 0 Å². The van der Waals surface area contributed by atoms with Crippen LogP contribution in [0.15, 0.2) is 48.5 Å². The fourth-order valence-electron chi connectivity index (χ4n) is 2.34. The van der Waals surface area contributed by atoms with Gasteiger partial charge in [0.1, 0.15) is 0 Å². The molecule has 0 saturated heterocycles. The number of fused-ring (bicyclic) bond motifs is 1. The summed E-state index contributed by atoms with van der Waals surface area (Å²) in [5, 5.41) is 5.19. The molecule has 134 valence electrons. The topological polar surface area (TPSA) is 86.9 Å².